The van der Waals surface area contributed by atoms with E-state index in [2.05, 4.69) is 34.2 Å². The van der Waals surface area contributed by atoms with E-state index in [1.807, 2.05) is 45.0 Å². The zero-order chi connectivity index (χ0) is 23.1. The number of hydrogen-bond acceptors (Lipinski definition) is 5. The lowest BCUT2D eigenvalue weighted by Gasteiger charge is -2.35. The molecule has 1 saturated heterocycles. The predicted octanol–water partition coefficient (Wildman–Crippen LogP) is 4.58. The molecule has 6 heteroatoms. The first-order valence-electron chi connectivity index (χ1n) is 11.3. The van der Waals surface area contributed by atoms with Gasteiger partial charge in [0.25, 0.3) is 0 Å². The van der Waals surface area contributed by atoms with E-state index in [0.717, 1.165) is 49.5 Å². The Hall–Kier alpha value is -2.99. The molecule has 0 aromatic heterocycles. The fraction of sp³-hybridized carbons (Fsp3) is 0.423. The van der Waals surface area contributed by atoms with Gasteiger partial charge >= 0.3 is 0 Å². The molecule has 32 heavy (non-hydrogen) atoms. The zero-order valence-corrected chi connectivity index (χ0v) is 19.9. The monoisotopic (exact) mass is 437 g/mol. The topological polar surface area (TPSA) is 54.0 Å². The number of rotatable bonds is 8. The van der Waals surface area contributed by atoms with E-state index in [1.165, 1.54) is 11.8 Å². The number of hydrogen-bond donors (Lipinski definition) is 1. The van der Waals surface area contributed by atoms with Crippen molar-refractivity contribution in [2.45, 2.75) is 33.8 Å². The standard InChI is InChI=1S/C26H35N3O3/c1-6-28-13-15-29(16-14-28)22-9-10-23(20(4)17-22)27-26(30)12-8-21-7-11-24(32-19(2)3)25(18-21)31-5/h7-12,17-19H,6,13-16H2,1-5H3,(H,27,30)/b12-8+. The predicted molar refractivity (Wildman–Crippen MR) is 132 cm³/mol. The molecule has 2 aromatic rings. The summed E-state index contributed by atoms with van der Waals surface area (Å²) in [5, 5.41) is 2.98. The van der Waals surface area contributed by atoms with Gasteiger partial charge in [0.05, 0.1) is 13.2 Å². The van der Waals surface area contributed by atoms with Crippen LogP contribution in [-0.2, 0) is 4.79 Å². The molecule has 1 aliphatic rings. The van der Waals surface area contributed by atoms with Crippen LogP contribution in [-0.4, -0.2) is 56.7 Å². The van der Waals surface area contributed by atoms with Gasteiger partial charge in [0.15, 0.2) is 11.5 Å². The van der Waals surface area contributed by atoms with Crippen LogP contribution in [0.25, 0.3) is 6.08 Å². The minimum atomic E-state index is -0.168. The molecule has 0 atom stereocenters. The fourth-order valence-corrected chi connectivity index (χ4v) is 3.79. The number of benzene rings is 2. The van der Waals surface area contributed by atoms with E-state index >= 15 is 0 Å². The van der Waals surface area contributed by atoms with Crippen molar-refractivity contribution in [3.8, 4) is 11.5 Å². The van der Waals surface area contributed by atoms with Crippen molar-refractivity contribution in [2.75, 3.05) is 50.1 Å². The minimum absolute atomic E-state index is 0.0617. The Balaban J connectivity index is 1.61. The number of methoxy groups -OCH3 is 1. The molecule has 0 unspecified atom stereocenters. The second kappa shape index (κ2) is 11.0. The maximum atomic E-state index is 12.5. The number of amides is 1. The number of aryl methyl sites for hydroxylation is 1. The first kappa shape index (κ1) is 23.7. The van der Waals surface area contributed by atoms with Gasteiger partial charge in [-0.2, -0.15) is 0 Å². The quantitative estimate of drug-likeness (QED) is 0.613. The van der Waals surface area contributed by atoms with Crippen LogP contribution in [0.15, 0.2) is 42.5 Å². The van der Waals surface area contributed by atoms with Crippen LogP contribution in [0.4, 0.5) is 11.4 Å². The summed E-state index contributed by atoms with van der Waals surface area (Å²) in [6.07, 6.45) is 3.37. The van der Waals surface area contributed by atoms with Gasteiger partial charge in [-0.05, 0) is 74.9 Å². The first-order valence-corrected chi connectivity index (χ1v) is 11.3. The van der Waals surface area contributed by atoms with Crippen LogP contribution in [0.1, 0.15) is 31.9 Å². The number of likely N-dealkylation sites (N-methyl/N-ethyl adjacent to an activating group) is 1. The van der Waals surface area contributed by atoms with E-state index < -0.39 is 0 Å². The lowest BCUT2D eigenvalue weighted by atomic mass is 10.1. The lowest BCUT2D eigenvalue weighted by molar-refractivity contribution is -0.111. The van der Waals surface area contributed by atoms with Crippen LogP contribution in [0.2, 0.25) is 0 Å². The maximum absolute atomic E-state index is 12.5. The largest absolute Gasteiger partial charge is 0.493 e. The molecular formula is C26H35N3O3. The molecule has 0 radical (unpaired) electrons. The Kier molecular flexibility index (Phi) is 8.17. The molecule has 0 aliphatic carbocycles. The minimum Gasteiger partial charge on any atom is -0.493 e. The number of nitrogens with zero attached hydrogens (tertiary/aromatic N) is 2. The third-order valence-corrected chi connectivity index (χ3v) is 5.63. The summed E-state index contributed by atoms with van der Waals surface area (Å²) < 4.78 is 11.2. The van der Waals surface area contributed by atoms with Gasteiger partial charge in [-0.15, -0.1) is 0 Å². The summed E-state index contributed by atoms with van der Waals surface area (Å²) >= 11 is 0. The van der Waals surface area contributed by atoms with E-state index in [0.29, 0.717) is 11.5 Å². The maximum Gasteiger partial charge on any atom is 0.248 e. The molecule has 1 amide bonds. The van der Waals surface area contributed by atoms with Crippen molar-refractivity contribution < 1.29 is 14.3 Å². The third kappa shape index (κ3) is 6.26. The highest BCUT2D eigenvalue weighted by atomic mass is 16.5. The smallest absolute Gasteiger partial charge is 0.248 e. The number of anilines is 2. The highest BCUT2D eigenvalue weighted by molar-refractivity contribution is 6.02. The van der Waals surface area contributed by atoms with Gasteiger partial charge in [-0.3, -0.25) is 4.79 Å². The van der Waals surface area contributed by atoms with Crippen molar-refractivity contribution in [3.63, 3.8) is 0 Å². The van der Waals surface area contributed by atoms with Gasteiger partial charge in [0, 0.05) is 43.6 Å². The van der Waals surface area contributed by atoms with E-state index in [9.17, 15) is 4.79 Å². The van der Waals surface area contributed by atoms with Crippen molar-refractivity contribution in [1.29, 1.82) is 0 Å². The Labute approximate surface area is 191 Å². The Morgan fingerprint density at radius 1 is 1.09 bits per heavy atom. The molecule has 1 heterocycles. The average Bonchev–Trinajstić information content (AvgIpc) is 2.79. The second-order valence-corrected chi connectivity index (χ2v) is 8.32. The van der Waals surface area contributed by atoms with E-state index in [-0.39, 0.29) is 12.0 Å². The van der Waals surface area contributed by atoms with E-state index in [4.69, 9.17) is 9.47 Å². The van der Waals surface area contributed by atoms with Crippen molar-refractivity contribution in [3.05, 3.63) is 53.6 Å². The molecule has 1 fully saturated rings. The summed E-state index contributed by atoms with van der Waals surface area (Å²) in [5.74, 6) is 1.17. The second-order valence-electron chi connectivity index (χ2n) is 8.32. The molecule has 172 valence electrons. The van der Waals surface area contributed by atoms with Crippen LogP contribution in [0.3, 0.4) is 0 Å². The molecule has 2 aromatic carbocycles. The molecule has 0 spiro atoms. The summed E-state index contributed by atoms with van der Waals surface area (Å²) in [6.45, 7) is 13.5. The van der Waals surface area contributed by atoms with Crippen molar-refractivity contribution in [2.24, 2.45) is 0 Å². The Morgan fingerprint density at radius 2 is 1.84 bits per heavy atom. The number of carbonyl (C=O) groups excluding carboxylic acids is 1. The summed E-state index contributed by atoms with van der Waals surface area (Å²) in [7, 11) is 1.61. The highest BCUT2D eigenvalue weighted by Crippen LogP contribution is 2.29. The van der Waals surface area contributed by atoms with E-state index in [1.54, 1.807) is 13.2 Å². The number of piperazine rings is 1. The average molecular weight is 438 g/mol. The molecule has 0 saturated carbocycles. The van der Waals surface area contributed by atoms with Crippen LogP contribution < -0.4 is 19.7 Å². The summed E-state index contributed by atoms with van der Waals surface area (Å²) in [6, 6.07) is 11.9. The Bertz CT molecular complexity index is 947. The van der Waals surface area contributed by atoms with Gasteiger partial charge in [-0.1, -0.05) is 13.0 Å². The van der Waals surface area contributed by atoms with Gasteiger partial charge in [0.2, 0.25) is 5.91 Å². The van der Waals surface area contributed by atoms with Gasteiger partial charge in [-0.25, -0.2) is 0 Å². The molecule has 6 nitrogen and oxygen atoms in total. The van der Waals surface area contributed by atoms with Crippen LogP contribution in [0.5, 0.6) is 11.5 Å². The van der Waals surface area contributed by atoms with Crippen LogP contribution >= 0.6 is 0 Å². The van der Waals surface area contributed by atoms with Crippen molar-refractivity contribution in [1.82, 2.24) is 4.90 Å². The Morgan fingerprint density at radius 3 is 2.47 bits per heavy atom. The number of carbonyl (C=O) groups is 1. The summed E-state index contributed by atoms with van der Waals surface area (Å²) in [5.41, 5.74) is 3.96. The van der Waals surface area contributed by atoms with Gasteiger partial charge in [0.1, 0.15) is 0 Å². The molecule has 1 aliphatic heterocycles. The SMILES string of the molecule is CCN1CCN(c2ccc(NC(=O)/C=C/c3ccc(OC(C)C)c(OC)c3)c(C)c2)CC1. The van der Waals surface area contributed by atoms with Gasteiger partial charge < -0.3 is 24.6 Å². The number of nitrogens with one attached hydrogen (secondary N) is 1. The third-order valence-electron chi connectivity index (χ3n) is 5.63. The highest BCUT2D eigenvalue weighted by Gasteiger charge is 2.16. The molecular weight excluding hydrogens is 402 g/mol. The number of ether oxygens (including phenoxy) is 2. The summed E-state index contributed by atoms with van der Waals surface area (Å²) in [4.78, 5) is 17.4. The molecule has 1 N–H and O–H groups in total. The lowest BCUT2D eigenvalue weighted by Crippen LogP contribution is -2.46. The normalized spacial score (nSPS) is 14.8. The zero-order valence-electron chi connectivity index (χ0n) is 19.9. The van der Waals surface area contributed by atoms with Crippen molar-refractivity contribution >= 4 is 23.4 Å². The molecule has 3 rings (SSSR count). The van der Waals surface area contributed by atoms with Crippen LogP contribution in [0, 0.1) is 6.92 Å². The molecule has 0 bridgehead atoms. The fourth-order valence-electron chi connectivity index (χ4n) is 3.79. The first-order chi connectivity index (χ1) is 15.4.